The van der Waals surface area contributed by atoms with Crippen LogP contribution in [-0.4, -0.2) is 36.5 Å². The summed E-state index contributed by atoms with van der Waals surface area (Å²) in [5.41, 5.74) is 0.534. The van der Waals surface area contributed by atoms with E-state index in [-0.39, 0.29) is 6.54 Å². The molecule has 1 heterocycles. The molecule has 0 aliphatic carbocycles. The number of carbonyl (C=O) groups is 1. The summed E-state index contributed by atoms with van der Waals surface area (Å²) in [6.07, 6.45) is 0.486. The van der Waals surface area contributed by atoms with Crippen LogP contribution in [0.15, 0.2) is 16.7 Å². The van der Waals surface area contributed by atoms with Crippen LogP contribution < -0.4 is 10.1 Å². The van der Waals surface area contributed by atoms with E-state index in [0.717, 1.165) is 4.47 Å². The third-order valence-electron chi connectivity index (χ3n) is 1.85. The highest BCUT2D eigenvalue weighted by atomic mass is 79.9. The summed E-state index contributed by atoms with van der Waals surface area (Å²) in [6.45, 7) is 0.942. The van der Waals surface area contributed by atoms with Gasteiger partial charge in [0.15, 0.2) is 0 Å². The summed E-state index contributed by atoms with van der Waals surface area (Å²) in [6, 6.07) is 1.74. The van der Waals surface area contributed by atoms with Gasteiger partial charge in [-0.05, 0) is 22.0 Å². The Balaban J connectivity index is 2.69. The van der Waals surface area contributed by atoms with E-state index in [1.807, 2.05) is 0 Å². The lowest BCUT2D eigenvalue weighted by Gasteiger charge is -2.10. The molecular formula is C10H13BrN2O4. The van der Waals surface area contributed by atoms with E-state index in [1.54, 1.807) is 19.4 Å². The first-order valence-electron chi connectivity index (χ1n) is 4.86. The van der Waals surface area contributed by atoms with Crippen LogP contribution in [0.2, 0.25) is 0 Å². The third-order valence-corrected chi connectivity index (χ3v) is 2.28. The molecule has 0 radical (unpaired) electrons. The monoisotopic (exact) mass is 304 g/mol. The van der Waals surface area contributed by atoms with Gasteiger partial charge in [0.25, 0.3) is 0 Å². The SMILES string of the molecule is COCCOc1cc(Br)cnc1CNC(=O)O. The normalized spacial score (nSPS) is 10.0. The number of nitrogens with one attached hydrogen (secondary N) is 1. The maximum Gasteiger partial charge on any atom is 0.404 e. The molecular weight excluding hydrogens is 292 g/mol. The summed E-state index contributed by atoms with van der Waals surface area (Å²) in [5, 5.41) is 10.8. The molecule has 0 aliphatic rings. The molecule has 1 aromatic heterocycles. The number of pyridine rings is 1. The summed E-state index contributed by atoms with van der Waals surface area (Å²) in [5.74, 6) is 0.533. The van der Waals surface area contributed by atoms with E-state index in [4.69, 9.17) is 14.6 Å². The van der Waals surface area contributed by atoms with Crippen molar-refractivity contribution in [2.75, 3.05) is 20.3 Å². The van der Waals surface area contributed by atoms with Crippen LogP contribution in [0.25, 0.3) is 0 Å². The Morgan fingerprint density at radius 3 is 3.00 bits per heavy atom. The molecule has 17 heavy (non-hydrogen) atoms. The smallest absolute Gasteiger partial charge is 0.404 e. The summed E-state index contributed by atoms with van der Waals surface area (Å²) < 4.78 is 11.1. The minimum Gasteiger partial charge on any atom is -0.489 e. The van der Waals surface area contributed by atoms with Gasteiger partial charge in [0.2, 0.25) is 0 Å². The number of carboxylic acid groups (broad SMARTS) is 1. The fourth-order valence-corrected chi connectivity index (χ4v) is 1.41. The van der Waals surface area contributed by atoms with E-state index >= 15 is 0 Å². The zero-order chi connectivity index (χ0) is 12.7. The van der Waals surface area contributed by atoms with Crippen LogP contribution in [0.5, 0.6) is 5.75 Å². The predicted octanol–water partition coefficient (Wildman–Crippen LogP) is 1.64. The second kappa shape index (κ2) is 7.08. The lowest BCUT2D eigenvalue weighted by molar-refractivity contribution is 0.145. The van der Waals surface area contributed by atoms with Crippen molar-refractivity contribution in [3.8, 4) is 5.75 Å². The highest BCUT2D eigenvalue weighted by Crippen LogP contribution is 2.21. The van der Waals surface area contributed by atoms with Gasteiger partial charge in [-0.2, -0.15) is 0 Å². The van der Waals surface area contributed by atoms with Gasteiger partial charge in [-0.15, -0.1) is 0 Å². The molecule has 0 fully saturated rings. The molecule has 0 aliphatic heterocycles. The van der Waals surface area contributed by atoms with Crippen LogP contribution in [0.4, 0.5) is 4.79 Å². The van der Waals surface area contributed by atoms with Gasteiger partial charge < -0.3 is 19.9 Å². The van der Waals surface area contributed by atoms with Crippen molar-refractivity contribution in [1.82, 2.24) is 10.3 Å². The number of ether oxygens (including phenoxy) is 2. The fraction of sp³-hybridized carbons (Fsp3) is 0.400. The molecule has 0 unspecified atom stereocenters. The molecule has 94 valence electrons. The molecule has 1 rings (SSSR count). The number of amides is 1. The van der Waals surface area contributed by atoms with Crippen LogP contribution in [0.3, 0.4) is 0 Å². The number of rotatable bonds is 6. The van der Waals surface area contributed by atoms with Crippen molar-refractivity contribution in [3.05, 3.63) is 22.4 Å². The van der Waals surface area contributed by atoms with Crippen molar-refractivity contribution in [2.45, 2.75) is 6.54 Å². The van der Waals surface area contributed by atoms with Gasteiger partial charge >= 0.3 is 6.09 Å². The Hall–Kier alpha value is -1.34. The Morgan fingerprint density at radius 1 is 1.59 bits per heavy atom. The first-order chi connectivity index (χ1) is 8.13. The average Bonchev–Trinajstić information content (AvgIpc) is 2.28. The maximum absolute atomic E-state index is 10.4. The van der Waals surface area contributed by atoms with Crippen molar-refractivity contribution >= 4 is 22.0 Å². The Kier molecular flexibility index (Phi) is 5.71. The lowest BCUT2D eigenvalue weighted by atomic mass is 10.3. The first kappa shape index (κ1) is 13.7. The second-order valence-corrected chi connectivity index (χ2v) is 4.01. The Labute approximate surface area is 107 Å². The minimum absolute atomic E-state index is 0.102. The number of methoxy groups -OCH3 is 1. The van der Waals surface area contributed by atoms with E-state index in [2.05, 4.69) is 26.2 Å². The summed E-state index contributed by atoms with van der Waals surface area (Å²) >= 11 is 3.27. The van der Waals surface area contributed by atoms with Gasteiger partial charge in [-0.1, -0.05) is 0 Å². The largest absolute Gasteiger partial charge is 0.489 e. The van der Waals surface area contributed by atoms with Crippen LogP contribution in [0.1, 0.15) is 5.69 Å². The van der Waals surface area contributed by atoms with E-state index in [9.17, 15) is 4.79 Å². The minimum atomic E-state index is -1.10. The highest BCUT2D eigenvalue weighted by molar-refractivity contribution is 9.10. The number of halogens is 1. The molecule has 7 heteroatoms. The standard InChI is InChI=1S/C10H13BrN2O4/c1-16-2-3-17-9-4-7(11)5-12-8(9)6-13-10(14)15/h4-5,13H,2-3,6H2,1H3,(H,14,15). The average molecular weight is 305 g/mol. The van der Waals surface area contributed by atoms with Crippen molar-refractivity contribution in [3.63, 3.8) is 0 Å². The van der Waals surface area contributed by atoms with Gasteiger partial charge in [0.05, 0.1) is 13.2 Å². The van der Waals surface area contributed by atoms with Crippen molar-refractivity contribution < 1.29 is 19.4 Å². The van der Waals surface area contributed by atoms with Crippen LogP contribution in [0, 0.1) is 0 Å². The molecule has 0 saturated carbocycles. The number of nitrogens with zero attached hydrogens (tertiary/aromatic N) is 1. The molecule has 1 amide bonds. The van der Waals surface area contributed by atoms with Crippen LogP contribution in [-0.2, 0) is 11.3 Å². The summed E-state index contributed by atoms with van der Waals surface area (Å²) in [4.78, 5) is 14.5. The zero-order valence-corrected chi connectivity index (χ0v) is 10.9. The number of hydrogen-bond donors (Lipinski definition) is 2. The molecule has 0 saturated heterocycles. The lowest BCUT2D eigenvalue weighted by Crippen LogP contribution is -2.21. The number of aromatic nitrogens is 1. The molecule has 0 bridgehead atoms. The first-order valence-corrected chi connectivity index (χ1v) is 5.65. The predicted molar refractivity (Wildman–Crippen MR) is 64.2 cm³/mol. The quantitative estimate of drug-likeness (QED) is 0.781. The number of hydrogen-bond acceptors (Lipinski definition) is 4. The Bertz CT molecular complexity index is 387. The second-order valence-electron chi connectivity index (χ2n) is 3.10. The van der Waals surface area contributed by atoms with Crippen molar-refractivity contribution in [1.29, 1.82) is 0 Å². The molecule has 0 atom stereocenters. The fourth-order valence-electron chi connectivity index (χ4n) is 1.10. The van der Waals surface area contributed by atoms with Crippen LogP contribution >= 0.6 is 15.9 Å². The molecule has 6 nitrogen and oxygen atoms in total. The molecule has 0 aromatic carbocycles. The molecule has 1 aromatic rings. The highest BCUT2D eigenvalue weighted by Gasteiger charge is 2.07. The van der Waals surface area contributed by atoms with Gasteiger partial charge in [-0.3, -0.25) is 4.98 Å². The van der Waals surface area contributed by atoms with Crippen molar-refractivity contribution in [2.24, 2.45) is 0 Å². The maximum atomic E-state index is 10.4. The molecule has 2 N–H and O–H groups in total. The topological polar surface area (TPSA) is 80.7 Å². The zero-order valence-electron chi connectivity index (χ0n) is 9.27. The van der Waals surface area contributed by atoms with E-state index in [1.165, 1.54) is 0 Å². The van der Waals surface area contributed by atoms with Gasteiger partial charge in [0.1, 0.15) is 18.1 Å². The van der Waals surface area contributed by atoms with Gasteiger partial charge in [-0.25, -0.2) is 4.79 Å². The Morgan fingerprint density at radius 2 is 2.35 bits per heavy atom. The van der Waals surface area contributed by atoms with E-state index < -0.39 is 6.09 Å². The third kappa shape index (κ3) is 5.01. The van der Waals surface area contributed by atoms with Gasteiger partial charge in [0, 0.05) is 17.8 Å². The summed E-state index contributed by atoms with van der Waals surface area (Å²) in [7, 11) is 1.58. The molecule has 0 spiro atoms. The van der Waals surface area contributed by atoms with E-state index in [0.29, 0.717) is 24.7 Å².